The quantitative estimate of drug-likeness (QED) is 0.222. The van der Waals surface area contributed by atoms with Crippen molar-refractivity contribution in [3.8, 4) is 0 Å². The molecule has 4 fully saturated rings. The van der Waals surface area contributed by atoms with E-state index in [0.717, 1.165) is 43.3 Å². The molecule has 4 rings (SSSR count). The third-order valence-corrected chi connectivity index (χ3v) is 9.07. The molecule has 5 heteroatoms. The number of nitrogens with one attached hydrogen (secondary N) is 1. The number of thioether (sulfide) groups is 1. The number of hydrogen-bond acceptors (Lipinski definition) is 3. The molecule has 4 aliphatic carbocycles. The molecule has 4 nitrogen and oxygen atoms in total. The summed E-state index contributed by atoms with van der Waals surface area (Å²) in [6, 6.07) is -0.796. The number of amides is 1. The summed E-state index contributed by atoms with van der Waals surface area (Å²) in [4.78, 5) is 24.9. The molecule has 4 bridgehead atoms. The van der Waals surface area contributed by atoms with Gasteiger partial charge in [-0.15, -0.1) is 0 Å². The van der Waals surface area contributed by atoms with Crippen molar-refractivity contribution in [3.63, 3.8) is 0 Å². The van der Waals surface area contributed by atoms with Gasteiger partial charge in [-0.2, -0.15) is 11.8 Å². The number of carbonyl (C=O) groups is 2. The van der Waals surface area contributed by atoms with E-state index >= 15 is 0 Å². The molecular weight excluding hydrogens is 442 g/mol. The normalized spacial score (nSPS) is 29.1. The molecule has 1 amide bonds. The molecule has 0 saturated heterocycles. The van der Waals surface area contributed by atoms with E-state index in [-0.39, 0.29) is 11.8 Å². The van der Waals surface area contributed by atoms with Gasteiger partial charge in [-0.25, -0.2) is 4.79 Å². The van der Waals surface area contributed by atoms with Gasteiger partial charge in [-0.1, -0.05) is 34.9 Å². The average Bonchev–Trinajstić information content (AvgIpc) is 2.74. The molecule has 0 spiro atoms. The zero-order valence-electron chi connectivity index (χ0n) is 21.6. The summed E-state index contributed by atoms with van der Waals surface area (Å²) in [5, 5.41) is 12.6. The Morgan fingerprint density at radius 2 is 1.44 bits per heavy atom. The Hall–Kier alpha value is -1.49. The number of carboxylic acids is 1. The Labute approximate surface area is 211 Å². The first-order chi connectivity index (χ1) is 16.2. The Morgan fingerprint density at radius 1 is 0.882 bits per heavy atom. The van der Waals surface area contributed by atoms with Gasteiger partial charge >= 0.3 is 5.97 Å². The van der Waals surface area contributed by atoms with Crippen molar-refractivity contribution in [2.75, 3.05) is 11.5 Å². The highest BCUT2D eigenvalue weighted by atomic mass is 32.2. The van der Waals surface area contributed by atoms with Crippen LogP contribution in [0.3, 0.4) is 0 Å². The summed E-state index contributed by atoms with van der Waals surface area (Å²) >= 11 is 1.60. The highest BCUT2D eigenvalue weighted by molar-refractivity contribution is 7.99. The van der Waals surface area contributed by atoms with Crippen LogP contribution in [-0.2, 0) is 9.59 Å². The molecule has 34 heavy (non-hydrogen) atoms. The second kappa shape index (κ2) is 13.0. The molecule has 2 N–H and O–H groups in total. The van der Waals surface area contributed by atoms with Crippen LogP contribution in [0, 0.1) is 29.6 Å². The van der Waals surface area contributed by atoms with Crippen molar-refractivity contribution in [1.82, 2.24) is 5.32 Å². The molecule has 4 aliphatic rings. The SMILES string of the molecule is CC(C)=CCC/C(C)=C/CC/C(C)=C/CSC[C@H](NC(=O)C1C2CC3CC(C2)CC1C3)C(=O)O. The number of hydrogen-bond donors (Lipinski definition) is 2. The first-order valence-electron chi connectivity index (χ1n) is 13.3. The van der Waals surface area contributed by atoms with E-state index in [9.17, 15) is 14.7 Å². The molecule has 190 valence electrons. The molecule has 4 saturated carbocycles. The van der Waals surface area contributed by atoms with Crippen LogP contribution in [0.2, 0.25) is 0 Å². The lowest BCUT2D eigenvalue weighted by Crippen LogP contribution is -2.54. The Kier molecular flexibility index (Phi) is 10.4. The lowest BCUT2D eigenvalue weighted by Gasteiger charge is -2.53. The van der Waals surface area contributed by atoms with Gasteiger partial charge in [0, 0.05) is 17.4 Å². The second-order valence-electron chi connectivity index (χ2n) is 11.4. The molecule has 0 unspecified atom stereocenters. The van der Waals surface area contributed by atoms with Crippen molar-refractivity contribution >= 4 is 23.6 Å². The van der Waals surface area contributed by atoms with Crippen LogP contribution >= 0.6 is 11.8 Å². The molecule has 1 atom stereocenters. The minimum absolute atomic E-state index is 0.000248. The van der Waals surface area contributed by atoms with Gasteiger partial charge in [0.15, 0.2) is 0 Å². The van der Waals surface area contributed by atoms with E-state index in [4.69, 9.17) is 0 Å². The molecule has 0 radical (unpaired) electrons. The van der Waals surface area contributed by atoms with Crippen LogP contribution in [0.1, 0.15) is 85.5 Å². The highest BCUT2D eigenvalue weighted by Crippen LogP contribution is 2.56. The maximum absolute atomic E-state index is 13.1. The smallest absolute Gasteiger partial charge is 0.327 e. The van der Waals surface area contributed by atoms with E-state index in [1.54, 1.807) is 11.8 Å². The summed E-state index contributed by atoms with van der Waals surface area (Å²) in [6.45, 7) is 8.63. The Balaban J connectivity index is 1.37. The van der Waals surface area contributed by atoms with E-state index in [1.807, 2.05) is 0 Å². The summed E-state index contributed by atoms with van der Waals surface area (Å²) in [5.41, 5.74) is 4.16. The largest absolute Gasteiger partial charge is 0.480 e. The van der Waals surface area contributed by atoms with Gasteiger partial charge in [-0.3, -0.25) is 4.79 Å². The highest BCUT2D eigenvalue weighted by Gasteiger charge is 2.51. The first-order valence-corrected chi connectivity index (χ1v) is 14.4. The molecule has 0 aromatic rings. The van der Waals surface area contributed by atoms with Crippen LogP contribution in [0.25, 0.3) is 0 Å². The van der Waals surface area contributed by atoms with E-state index < -0.39 is 12.0 Å². The van der Waals surface area contributed by atoms with Gasteiger partial charge in [0.25, 0.3) is 0 Å². The standard InChI is InChI=1S/C29H45NO3S/c1-19(2)7-5-8-20(3)9-6-10-21(4)11-12-34-18-26(29(32)33)30-28(31)27-24-14-22-13-23(16-24)17-25(27)15-22/h7,9,11,22-27H,5-6,8,10,12-18H2,1-4H3,(H,30,31)(H,32,33)/b20-9+,21-11+/t22?,23?,24?,25?,26-,27?/m0/s1. The van der Waals surface area contributed by atoms with Gasteiger partial charge in [0.05, 0.1) is 0 Å². The van der Waals surface area contributed by atoms with Crippen LogP contribution < -0.4 is 5.32 Å². The Morgan fingerprint density at radius 3 is 2.00 bits per heavy atom. The van der Waals surface area contributed by atoms with Crippen molar-refractivity contribution in [1.29, 1.82) is 0 Å². The summed E-state index contributed by atoms with van der Waals surface area (Å²) in [7, 11) is 0. The van der Waals surface area contributed by atoms with Crippen LogP contribution in [0.5, 0.6) is 0 Å². The fraction of sp³-hybridized carbons (Fsp3) is 0.724. The van der Waals surface area contributed by atoms with Crippen LogP contribution in [0.15, 0.2) is 34.9 Å². The van der Waals surface area contributed by atoms with Crippen molar-refractivity contribution < 1.29 is 14.7 Å². The van der Waals surface area contributed by atoms with Gasteiger partial charge < -0.3 is 10.4 Å². The predicted molar refractivity (Wildman–Crippen MR) is 143 cm³/mol. The minimum Gasteiger partial charge on any atom is -0.480 e. The second-order valence-corrected chi connectivity index (χ2v) is 12.4. The van der Waals surface area contributed by atoms with Crippen molar-refractivity contribution in [2.24, 2.45) is 29.6 Å². The van der Waals surface area contributed by atoms with Gasteiger partial charge in [0.1, 0.15) is 6.04 Å². The van der Waals surface area contributed by atoms with E-state index in [1.165, 1.54) is 48.8 Å². The lowest BCUT2D eigenvalue weighted by atomic mass is 9.51. The number of allylic oxidation sites excluding steroid dienone is 5. The maximum atomic E-state index is 13.1. The fourth-order valence-corrected chi connectivity index (χ4v) is 7.52. The number of carboxylic acid groups (broad SMARTS) is 1. The summed E-state index contributed by atoms with van der Waals surface area (Å²) in [5.74, 6) is 2.92. The lowest BCUT2D eigenvalue weighted by molar-refractivity contribution is -0.146. The molecule has 0 aliphatic heterocycles. The van der Waals surface area contributed by atoms with E-state index in [0.29, 0.717) is 17.6 Å². The number of aliphatic carboxylic acids is 1. The van der Waals surface area contributed by atoms with E-state index in [2.05, 4.69) is 51.2 Å². The Bertz CT molecular complexity index is 780. The number of rotatable bonds is 13. The monoisotopic (exact) mass is 487 g/mol. The molecule has 0 heterocycles. The van der Waals surface area contributed by atoms with Crippen LogP contribution in [0.4, 0.5) is 0 Å². The zero-order chi connectivity index (χ0) is 24.7. The first kappa shape index (κ1) is 27.1. The predicted octanol–water partition coefficient (Wildman–Crippen LogP) is 6.78. The van der Waals surface area contributed by atoms with Gasteiger partial charge in [-0.05, 0) is 109 Å². The molecule has 0 aromatic heterocycles. The van der Waals surface area contributed by atoms with Crippen molar-refractivity contribution in [2.45, 2.75) is 91.5 Å². The topological polar surface area (TPSA) is 66.4 Å². The summed E-state index contributed by atoms with van der Waals surface area (Å²) < 4.78 is 0. The summed E-state index contributed by atoms with van der Waals surface area (Å²) in [6.07, 6.45) is 17.2. The average molecular weight is 488 g/mol. The zero-order valence-corrected chi connectivity index (χ0v) is 22.5. The number of carbonyl (C=O) groups excluding carboxylic acids is 1. The van der Waals surface area contributed by atoms with Gasteiger partial charge in [0.2, 0.25) is 5.91 Å². The van der Waals surface area contributed by atoms with Crippen molar-refractivity contribution in [3.05, 3.63) is 34.9 Å². The minimum atomic E-state index is -0.918. The maximum Gasteiger partial charge on any atom is 0.327 e. The van der Waals surface area contributed by atoms with Crippen LogP contribution in [-0.4, -0.2) is 34.5 Å². The fourth-order valence-electron chi connectivity index (χ4n) is 6.52. The third-order valence-electron chi connectivity index (χ3n) is 8.10. The molecular formula is C29H45NO3S. The molecule has 0 aromatic carbocycles. The third kappa shape index (κ3) is 8.03.